The number of aryl methyl sites for hydroxylation is 1. The number of fused-ring (bicyclic) bond motifs is 1. The first-order valence-corrected chi connectivity index (χ1v) is 7.74. The molecule has 0 amide bonds. The fourth-order valence-electron chi connectivity index (χ4n) is 2.85. The highest BCUT2D eigenvalue weighted by molar-refractivity contribution is 7.80. The molecule has 1 aliphatic rings. The molecule has 0 aliphatic carbocycles. The summed E-state index contributed by atoms with van der Waals surface area (Å²) in [5.74, 6) is 0.916. The molecule has 0 unspecified atom stereocenters. The van der Waals surface area contributed by atoms with Gasteiger partial charge in [-0.3, -0.25) is 0 Å². The van der Waals surface area contributed by atoms with Crippen LogP contribution in [0.5, 0.6) is 5.75 Å². The second kappa shape index (κ2) is 5.58. The third kappa shape index (κ3) is 2.92. The first-order valence-electron chi connectivity index (χ1n) is 7.33. The molecule has 4 heteroatoms. The fourth-order valence-corrected chi connectivity index (χ4v) is 2.98. The highest BCUT2D eigenvalue weighted by atomic mass is 32.1. The second-order valence-electron chi connectivity index (χ2n) is 6.89. The lowest BCUT2D eigenvalue weighted by atomic mass is 9.72. The van der Waals surface area contributed by atoms with Gasteiger partial charge in [-0.15, -0.1) is 0 Å². The lowest BCUT2D eigenvalue weighted by Gasteiger charge is -2.47. The van der Waals surface area contributed by atoms with Crippen LogP contribution in [0.25, 0.3) is 0 Å². The molecular weight excluding hydrogens is 282 g/mol. The summed E-state index contributed by atoms with van der Waals surface area (Å²) in [7, 11) is 1.76. The Kier molecular flexibility index (Phi) is 4.31. The Bertz CT molecular complexity index is 550. The van der Waals surface area contributed by atoms with E-state index in [0.717, 1.165) is 24.2 Å². The Morgan fingerprint density at radius 2 is 2.00 bits per heavy atom. The molecule has 2 atom stereocenters. The molecule has 0 fully saturated rings. The normalized spacial score (nSPS) is 21.1. The van der Waals surface area contributed by atoms with Gasteiger partial charge < -0.3 is 15.2 Å². The second-order valence-corrected chi connectivity index (χ2v) is 7.33. The lowest BCUT2D eigenvalue weighted by Crippen LogP contribution is -2.55. The highest BCUT2D eigenvalue weighted by Gasteiger charge is 2.47. The van der Waals surface area contributed by atoms with Crippen molar-refractivity contribution in [3.8, 4) is 5.75 Å². The van der Waals surface area contributed by atoms with E-state index in [1.807, 2.05) is 18.2 Å². The van der Waals surface area contributed by atoms with Crippen LogP contribution in [0.1, 0.15) is 45.2 Å². The summed E-state index contributed by atoms with van der Waals surface area (Å²) in [4.78, 5) is 0.427. The summed E-state index contributed by atoms with van der Waals surface area (Å²) in [6.45, 7) is 8.69. The average molecular weight is 307 g/mol. The molecule has 0 radical (unpaired) electrons. The third-order valence-corrected chi connectivity index (χ3v) is 5.05. The number of thiocarbonyl (C=S) groups is 1. The molecule has 1 aromatic carbocycles. The molecular formula is C17H25NO2S. The molecule has 2 rings (SSSR count). The molecule has 1 heterocycles. The minimum absolute atomic E-state index is 0.0112. The van der Waals surface area contributed by atoms with Gasteiger partial charge in [-0.25, -0.2) is 0 Å². The van der Waals surface area contributed by atoms with E-state index in [4.69, 9.17) is 27.4 Å². The third-order valence-electron chi connectivity index (χ3n) is 4.82. The van der Waals surface area contributed by atoms with Crippen molar-refractivity contribution in [2.75, 3.05) is 7.11 Å². The zero-order valence-corrected chi connectivity index (χ0v) is 14.3. The smallest absolute Gasteiger partial charge is 0.128 e. The first-order chi connectivity index (χ1) is 9.69. The Balaban J connectivity index is 2.29. The summed E-state index contributed by atoms with van der Waals surface area (Å²) in [6.07, 6.45) is 1.91. The van der Waals surface area contributed by atoms with Gasteiger partial charge in [-0.1, -0.05) is 33.0 Å². The monoisotopic (exact) mass is 307 g/mol. The van der Waals surface area contributed by atoms with Crippen molar-refractivity contribution < 1.29 is 9.47 Å². The van der Waals surface area contributed by atoms with Crippen LogP contribution in [-0.4, -0.2) is 23.8 Å². The quantitative estimate of drug-likeness (QED) is 0.869. The topological polar surface area (TPSA) is 44.5 Å². The SMILES string of the molecule is CO[C@@](C)([C@H]1CCc2cc(C(N)=S)ccc2O1)C(C)(C)C. The number of nitrogens with two attached hydrogens (primary N) is 1. The van der Waals surface area contributed by atoms with Crippen LogP contribution in [0, 0.1) is 5.41 Å². The average Bonchev–Trinajstić information content (AvgIpc) is 2.43. The molecule has 2 N–H and O–H groups in total. The Morgan fingerprint density at radius 3 is 2.52 bits per heavy atom. The Hall–Kier alpha value is -1.13. The van der Waals surface area contributed by atoms with Gasteiger partial charge in [0.1, 0.15) is 22.4 Å². The van der Waals surface area contributed by atoms with Crippen molar-refractivity contribution in [1.29, 1.82) is 0 Å². The Morgan fingerprint density at radius 1 is 1.33 bits per heavy atom. The van der Waals surface area contributed by atoms with Crippen LogP contribution in [0.2, 0.25) is 0 Å². The molecule has 3 nitrogen and oxygen atoms in total. The minimum atomic E-state index is -0.341. The molecule has 21 heavy (non-hydrogen) atoms. The maximum Gasteiger partial charge on any atom is 0.128 e. The molecule has 1 aromatic rings. The minimum Gasteiger partial charge on any atom is -0.487 e. The fraction of sp³-hybridized carbons (Fsp3) is 0.588. The number of rotatable bonds is 3. The molecule has 0 saturated heterocycles. The molecule has 0 saturated carbocycles. The summed E-state index contributed by atoms with van der Waals surface area (Å²) in [5, 5.41) is 0. The molecule has 0 spiro atoms. The maximum atomic E-state index is 6.24. The van der Waals surface area contributed by atoms with Gasteiger partial charge in [0.15, 0.2) is 0 Å². The predicted octanol–water partition coefficient (Wildman–Crippen LogP) is 3.47. The summed E-state index contributed by atoms with van der Waals surface area (Å²) in [6, 6.07) is 5.93. The van der Waals surface area contributed by atoms with Gasteiger partial charge >= 0.3 is 0 Å². The summed E-state index contributed by atoms with van der Waals surface area (Å²) in [5.41, 5.74) is 7.41. The van der Waals surface area contributed by atoms with Crippen molar-refractivity contribution in [2.24, 2.45) is 11.1 Å². The molecule has 0 aromatic heterocycles. The summed E-state index contributed by atoms with van der Waals surface area (Å²) < 4.78 is 12.1. The highest BCUT2D eigenvalue weighted by Crippen LogP contribution is 2.42. The first kappa shape index (κ1) is 16.2. The van der Waals surface area contributed by atoms with E-state index in [-0.39, 0.29) is 17.1 Å². The lowest BCUT2D eigenvalue weighted by molar-refractivity contribution is -0.147. The summed E-state index contributed by atoms with van der Waals surface area (Å²) >= 11 is 5.03. The van der Waals surface area contributed by atoms with Gasteiger partial charge in [0.2, 0.25) is 0 Å². The number of hydrogen-bond donors (Lipinski definition) is 1. The van der Waals surface area contributed by atoms with Crippen LogP contribution in [0.15, 0.2) is 18.2 Å². The van der Waals surface area contributed by atoms with Gasteiger partial charge in [0.25, 0.3) is 0 Å². The van der Waals surface area contributed by atoms with Crippen LogP contribution >= 0.6 is 12.2 Å². The van der Waals surface area contributed by atoms with Crippen LogP contribution in [0.4, 0.5) is 0 Å². The van der Waals surface area contributed by atoms with E-state index in [2.05, 4.69) is 27.7 Å². The van der Waals surface area contributed by atoms with E-state index in [0.29, 0.717) is 4.99 Å². The van der Waals surface area contributed by atoms with E-state index < -0.39 is 0 Å². The van der Waals surface area contributed by atoms with Crippen LogP contribution in [-0.2, 0) is 11.2 Å². The zero-order chi connectivity index (χ0) is 15.8. The van der Waals surface area contributed by atoms with E-state index in [1.54, 1.807) is 7.11 Å². The molecule has 1 aliphatic heterocycles. The molecule has 116 valence electrons. The van der Waals surface area contributed by atoms with E-state index in [1.165, 1.54) is 5.56 Å². The van der Waals surface area contributed by atoms with E-state index in [9.17, 15) is 0 Å². The number of ether oxygens (including phenoxy) is 2. The Labute approximate surface area is 132 Å². The van der Waals surface area contributed by atoms with Crippen molar-refractivity contribution in [1.82, 2.24) is 0 Å². The largest absolute Gasteiger partial charge is 0.487 e. The van der Waals surface area contributed by atoms with Gasteiger partial charge in [-0.2, -0.15) is 0 Å². The van der Waals surface area contributed by atoms with Crippen LogP contribution < -0.4 is 10.5 Å². The van der Waals surface area contributed by atoms with Gasteiger partial charge in [-0.05, 0) is 48.9 Å². The van der Waals surface area contributed by atoms with Gasteiger partial charge in [0.05, 0.1) is 0 Å². The molecule has 0 bridgehead atoms. The van der Waals surface area contributed by atoms with Crippen LogP contribution in [0.3, 0.4) is 0 Å². The maximum absolute atomic E-state index is 6.24. The van der Waals surface area contributed by atoms with Gasteiger partial charge in [0, 0.05) is 12.7 Å². The van der Waals surface area contributed by atoms with Crippen molar-refractivity contribution in [3.05, 3.63) is 29.3 Å². The zero-order valence-electron chi connectivity index (χ0n) is 13.5. The van der Waals surface area contributed by atoms with E-state index >= 15 is 0 Å². The number of hydrogen-bond acceptors (Lipinski definition) is 3. The van der Waals surface area contributed by atoms with Crippen molar-refractivity contribution >= 4 is 17.2 Å². The predicted molar refractivity (Wildman–Crippen MR) is 89.9 cm³/mol. The van der Waals surface area contributed by atoms with Crippen molar-refractivity contribution in [3.63, 3.8) is 0 Å². The standard InChI is InChI=1S/C17H25NO2S/c1-16(2,3)17(4,19-5)14-9-7-11-10-12(15(18)21)6-8-13(11)20-14/h6,8,10,14H,7,9H2,1-5H3,(H2,18,21)/t14-,17+/m1/s1. The number of methoxy groups -OCH3 is 1. The number of benzene rings is 1. The van der Waals surface area contributed by atoms with Crippen molar-refractivity contribution in [2.45, 2.75) is 52.2 Å².